The number of para-hydroxylation sites is 2. The lowest BCUT2D eigenvalue weighted by Gasteiger charge is -2.09. The molecular formula is C12H13N3. The molecule has 0 aliphatic carbocycles. The molecule has 1 aromatic carbocycles. The van der Waals surface area contributed by atoms with Crippen LogP contribution in [0.3, 0.4) is 0 Å². The predicted molar refractivity (Wildman–Crippen MR) is 59.5 cm³/mol. The lowest BCUT2D eigenvalue weighted by Crippen LogP contribution is -2.14. The Morgan fingerprint density at radius 2 is 2.07 bits per heavy atom. The van der Waals surface area contributed by atoms with E-state index in [9.17, 15) is 0 Å². The fourth-order valence-corrected chi connectivity index (χ4v) is 2.08. The molecule has 1 N–H and O–H groups in total. The maximum absolute atomic E-state index is 4.63. The molecule has 1 aromatic heterocycles. The van der Waals surface area contributed by atoms with Gasteiger partial charge in [0, 0.05) is 0 Å². The first-order valence-electron chi connectivity index (χ1n) is 5.38. The average molecular weight is 199 g/mol. The molecule has 1 aliphatic rings. The van der Waals surface area contributed by atoms with E-state index in [2.05, 4.69) is 15.3 Å². The number of rotatable bonds is 1. The topological polar surface area (TPSA) is 37.8 Å². The SMILES string of the molecule is c1ccc2nc(C3CCCN3)cnc2c1. The molecule has 1 aliphatic heterocycles. The molecule has 2 heterocycles. The van der Waals surface area contributed by atoms with Crippen molar-refractivity contribution in [3.8, 4) is 0 Å². The standard InChI is InChI=1S/C12H13N3/c1-2-5-11-9(4-1)14-8-12(15-11)10-6-3-7-13-10/h1-2,4-5,8,10,13H,3,6-7H2. The fourth-order valence-electron chi connectivity index (χ4n) is 2.08. The van der Waals surface area contributed by atoms with Crippen molar-refractivity contribution in [1.82, 2.24) is 15.3 Å². The number of hydrogen-bond donors (Lipinski definition) is 1. The van der Waals surface area contributed by atoms with Crippen LogP contribution in [0.5, 0.6) is 0 Å². The number of hydrogen-bond acceptors (Lipinski definition) is 3. The summed E-state index contributed by atoms with van der Waals surface area (Å²) in [4.78, 5) is 9.06. The number of fused-ring (bicyclic) bond motifs is 1. The largest absolute Gasteiger partial charge is 0.309 e. The van der Waals surface area contributed by atoms with Crippen LogP contribution in [0.4, 0.5) is 0 Å². The van der Waals surface area contributed by atoms with Gasteiger partial charge in [-0.25, -0.2) is 4.98 Å². The number of aromatic nitrogens is 2. The molecule has 1 saturated heterocycles. The summed E-state index contributed by atoms with van der Waals surface area (Å²) in [6.07, 6.45) is 4.30. The van der Waals surface area contributed by atoms with Gasteiger partial charge in [-0.3, -0.25) is 4.98 Å². The van der Waals surface area contributed by atoms with Gasteiger partial charge in [-0.1, -0.05) is 12.1 Å². The van der Waals surface area contributed by atoms with Crippen molar-refractivity contribution in [3.05, 3.63) is 36.2 Å². The lowest BCUT2D eigenvalue weighted by molar-refractivity contribution is 0.627. The van der Waals surface area contributed by atoms with Crippen LogP contribution < -0.4 is 5.32 Å². The maximum Gasteiger partial charge on any atom is 0.0890 e. The molecule has 76 valence electrons. The van der Waals surface area contributed by atoms with Crippen LogP contribution >= 0.6 is 0 Å². The van der Waals surface area contributed by atoms with Gasteiger partial charge >= 0.3 is 0 Å². The predicted octanol–water partition coefficient (Wildman–Crippen LogP) is 2.05. The van der Waals surface area contributed by atoms with E-state index in [0.717, 1.165) is 23.3 Å². The van der Waals surface area contributed by atoms with Crippen LogP contribution in [-0.4, -0.2) is 16.5 Å². The molecule has 0 saturated carbocycles. The Morgan fingerprint density at radius 1 is 1.20 bits per heavy atom. The summed E-state index contributed by atoms with van der Waals surface area (Å²) in [5.41, 5.74) is 3.04. The number of benzene rings is 1. The highest BCUT2D eigenvalue weighted by molar-refractivity contribution is 5.73. The molecule has 3 rings (SSSR count). The molecule has 15 heavy (non-hydrogen) atoms. The van der Waals surface area contributed by atoms with Crippen LogP contribution in [0.25, 0.3) is 11.0 Å². The van der Waals surface area contributed by atoms with E-state index in [1.54, 1.807) is 0 Å². The molecule has 0 radical (unpaired) electrons. The molecule has 0 amide bonds. The third kappa shape index (κ3) is 1.59. The van der Waals surface area contributed by atoms with Crippen molar-refractivity contribution >= 4 is 11.0 Å². The Morgan fingerprint density at radius 3 is 2.87 bits per heavy atom. The molecule has 1 unspecified atom stereocenters. The Labute approximate surface area is 88.6 Å². The summed E-state index contributed by atoms with van der Waals surface area (Å²) >= 11 is 0. The van der Waals surface area contributed by atoms with Crippen LogP contribution in [0.2, 0.25) is 0 Å². The Balaban J connectivity index is 2.05. The molecule has 0 bridgehead atoms. The van der Waals surface area contributed by atoms with Gasteiger partial charge in [0.25, 0.3) is 0 Å². The summed E-state index contributed by atoms with van der Waals surface area (Å²) in [6, 6.07) is 8.41. The van der Waals surface area contributed by atoms with E-state index >= 15 is 0 Å². The number of nitrogens with zero attached hydrogens (tertiary/aromatic N) is 2. The second-order valence-electron chi connectivity index (χ2n) is 3.93. The third-order valence-electron chi connectivity index (χ3n) is 2.88. The minimum absolute atomic E-state index is 0.405. The Bertz CT molecular complexity index is 475. The normalized spacial score (nSPS) is 20.9. The van der Waals surface area contributed by atoms with E-state index in [-0.39, 0.29) is 0 Å². The quantitative estimate of drug-likeness (QED) is 0.763. The van der Waals surface area contributed by atoms with Gasteiger partial charge in [0.05, 0.1) is 29.0 Å². The average Bonchev–Trinajstić information content (AvgIpc) is 2.82. The van der Waals surface area contributed by atoms with Gasteiger partial charge in [-0.2, -0.15) is 0 Å². The molecule has 1 fully saturated rings. The molecule has 0 spiro atoms. The highest BCUT2D eigenvalue weighted by Gasteiger charge is 2.17. The highest BCUT2D eigenvalue weighted by atomic mass is 15.0. The summed E-state index contributed by atoms with van der Waals surface area (Å²) in [5, 5.41) is 3.44. The molecule has 1 atom stereocenters. The smallest absolute Gasteiger partial charge is 0.0890 e. The fraction of sp³-hybridized carbons (Fsp3) is 0.333. The first-order valence-corrected chi connectivity index (χ1v) is 5.38. The lowest BCUT2D eigenvalue weighted by atomic mass is 10.1. The van der Waals surface area contributed by atoms with Crippen molar-refractivity contribution in [1.29, 1.82) is 0 Å². The van der Waals surface area contributed by atoms with Gasteiger partial charge in [-0.05, 0) is 31.5 Å². The number of nitrogens with one attached hydrogen (secondary N) is 1. The maximum atomic E-state index is 4.63. The first kappa shape index (κ1) is 8.80. The molecule has 2 aromatic rings. The summed E-state index contributed by atoms with van der Waals surface area (Å²) in [7, 11) is 0. The van der Waals surface area contributed by atoms with Crippen molar-refractivity contribution in [2.45, 2.75) is 18.9 Å². The summed E-state index contributed by atoms with van der Waals surface area (Å²) in [6.45, 7) is 1.10. The van der Waals surface area contributed by atoms with E-state index < -0.39 is 0 Å². The van der Waals surface area contributed by atoms with Gasteiger partial charge < -0.3 is 5.32 Å². The van der Waals surface area contributed by atoms with E-state index in [4.69, 9.17) is 0 Å². The minimum Gasteiger partial charge on any atom is -0.309 e. The first-order chi connectivity index (χ1) is 7.43. The van der Waals surface area contributed by atoms with Crippen LogP contribution in [0.15, 0.2) is 30.5 Å². The van der Waals surface area contributed by atoms with Gasteiger partial charge in [-0.15, -0.1) is 0 Å². The zero-order valence-electron chi connectivity index (χ0n) is 8.48. The van der Waals surface area contributed by atoms with Crippen LogP contribution in [0.1, 0.15) is 24.6 Å². The van der Waals surface area contributed by atoms with Crippen LogP contribution in [-0.2, 0) is 0 Å². The Kier molecular flexibility index (Phi) is 2.10. The van der Waals surface area contributed by atoms with Gasteiger partial charge in [0.1, 0.15) is 0 Å². The van der Waals surface area contributed by atoms with Crippen molar-refractivity contribution in [2.75, 3.05) is 6.54 Å². The third-order valence-corrected chi connectivity index (χ3v) is 2.88. The zero-order chi connectivity index (χ0) is 10.1. The monoisotopic (exact) mass is 199 g/mol. The van der Waals surface area contributed by atoms with Crippen molar-refractivity contribution in [2.24, 2.45) is 0 Å². The molecule has 3 heteroatoms. The summed E-state index contributed by atoms with van der Waals surface area (Å²) in [5.74, 6) is 0. The van der Waals surface area contributed by atoms with Crippen LogP contribution in [0, 0.1) is 0 Å². The van der Waals surface area contributed by atoms with E-state index in [1.807, 2.05) is 30.5 Å². The zero-order valence-corrected chi connectivity index (χ0v) is 8.48. The summed E-state index contributed by atoms with van der Waals surface area (Å²) < 4.78 is 0. The van der Waals surface area contributed by atoms with E-state index in [1.165, 1.54) is 12.8 Å². The van der Waals surface area contributed by atoms with Gasteiger partial charge in [0.15, 0.2) is 0 Å². The van der Waals surface area contributed by atoms with Crippen molar-refractivity contribution < 1.29 is 0 Å². The second-order valence-corrected chi connectivity index (χ2v) is 3.93. The Hall–Kier alpha value is -1.48. The molecule has 3 nitrogen and oxygen atoms in total. The second kappa shape index (κ2) is 3.59. The highest BCUT2D eigenvalue weighted by Crippen LogP contribution is 2.21. The van der Waals surface area contributed by atoms with Crippen molar-refractivity contribution in [3.63, 3.8) is 0 Å². The van der Waals surface area contributed by atoms with E-state index in [0.29, 0.717) is 6.04 Å². The molecular weight excluding hydrogens is 186 g/mol. The minimum atomic E-state index is 0.405. The van der Waals surface area contributed by atoms with Gasteiger partial charge in [0.2, 0.25) is 0 Å².